The molecular formula is C20H17F3IN3O3. The fourth-order valence-corrected chi connectivity index (χ4v) is 3.38. The number of fused-ring (bicyclic) bond motifs is 1. The van der Waals surface area contributed by atoms with E-state index in [1.807, 2.05) is 18.2 Å². The van der Waals surface area contributed by atoms with E-state index in [0.717, 1.165) is 26.7 Å². The molecule has 0 spiro atoms. The summed E-state index contributed by atoms with van der Waals surface area (Å²) in [6.07, 6.45) is -4.08. The van der Waals surface area contributed by atoms with Gasteiger partial charge in [-0.15, -0.1) is 0 Å². The summed E-state index contributed by atoms with van der Waals surface area (Å²) in [5.74, 6) is -1.19. The van der Waals surface area contributed by atoms with Gasteiger partial charge in [-0.2, -0.15) is 18.2 Å². The second kappa shape index (κ2) is 9.02. The number of benzene rings is 2. The second-order valence-corrected chi connectivity index (χ2v) is 7.70. The Morgan fingerprint density at radius 3 is 2.67 bits per heavy atom. The molecule has 3 aromatic rings. The van der Waals surface area contributed by atoms with Crippen LogP contribution < -0.4 is 5.62 Å². The molecule has 6 nitrogen and oxygen atoms in total. The first-order valence-corrected chi connectivity index (χ1v) is 10.0. The normalized spacial score (nSPS) is 12.4. The number of nitrogens with zero attached hydrogens (tertiary/aromatic N) is 2. The zero-order chi connectivity index (χ0) is 21.9. The van der Waals surface area contributed by atoms with Crippen LogP contribution in [-0.4, -0.2) is 28.0 Å². The Balaban J connectivity index is 1.99. The third-order valence-corrected chi connectivity index (χ3v) is 4.90. The predicted molar refractivity (Wildman–Crippen MR) is 112 cm³/mol. The predicted octanol–water partition coefficient (Wildman–Crippen LogP) is 4.29. The van der Waals surface area contributed by atoms with Crippen LogP contribution in [0, 0.1) is 3.57 Å². The van der Waals surface area contributed by atoms with Crippen LogP contribution in [-0.2, 0) is 22.3 Å². The average Bonchev–Trinajstić information content (AvgIpc) is 3.00. The lowest BCUT2D eigenvalue weighted by molar-refractivity contribution is -0.141. The topological polar surface area (TPSA) is 76.5 Å². The lowest BCUT2D eigenvalue weighted by Gasteiger charge is -2.07. The first kappa shape index (κ1) is 22.1. The average molecular weight is 531 g/mol. The van der Waals surface area contributed by atoms with Gasteiger partial charge in [-0.05, 0) is 65.4 Å². The molecule has 0 fully saturated rings. The monoisotopic (exact) mass is 531 g/mol. The minimum Gasteiger partial charge on any atom is -0.466 e. The number of hydrogen-bond donors (Lipinski definition) is 1. The fraction of sp³-hybridized carbons (Fsp3) is 0.250. The van der Waals surface area contributed by atoms with Gasteiger partial charge in [0, 0.05) is 22.6 Å². The van der Waals surface area contributed by atoms with Gasteiger partial charge in [-0.25, -0.2) is 0 Å². The van der Waals surface area contributed by atoms with E-state index in [1.54, 1.807) is 4.57 Å². The molecular weight excluding hydrogens is 514 g/mol. The highest BCUT2D eigenvalue weighted by Gasteiger charge is 2.30. The molecule has 1 aromatic heterocycles. The minimum atomic E-state index is -4.55. The molecule has 0 bridgehead atoms. The van der Waals surface area contributed by atoms with Gasteiger partial charge in [0.2, 0.25) is 5.62 Å². The molecule has 10 heteroatoms. The van der Waals surface area contributed by atoms with E-state index in [2.05, 4.69) is 32.6 Å². The fourth-order valence-electron chi connectivity index (χ4n) is 2.89. The highest BCUT2D eigenvalue weighted by Crippen LogP contribution is 2.29. The van der Waals surface area contributed by atoms with Crippen LogP contribution >= 0.6 is 22.6 Å². The van der Waals surface area contributed by atoms with Crippen LogP contribution in [0.4, 0.5) is 13.2 Å². The van der Waals surface area contributed by atoms with Crippen molar-refractivity contribution in [3.05, 3.63) is 62.8 Å². The summed E-state index contributed by atoms with van der Waals surface area (Å²) >= 11 is 2.15. The van der Waals surface area contributed by atoms with Crippen molar-refractivity contribution >= 4 is 45.5 Å². The first-order chi connectivity index (χ1) is 14.1. The Hall–Kier alpha value is -2.63. The Bertz CT molecular complexity index is 1170. The van der Waals surface area contributed by atoms with Crippen molar-refractivity contribution in [2.75, 3.05) is 6.61 Å². The van der Waals surface area contributed by atoms with Crippen molar-refractivity contribution < 1.29 is 27.5 Å². The maximum absolute atomic E-state index is 12.9. The van der Waals surface area contributed by atoms with E-state index in [0.29, 0.717) is 13.0 Å². The van der Waals surface area contributed by atoms with Crippen molar-refractivity contribution in [1.29, 1.82) is 0 Å². The summed E-state index contributed by atoms with van der Waals surface area (Å²) in [6.45, 7) is 1.90. The Kier molecular flexibility index (Phi) is 6.64. The third-order valence-electron chi connectivity index (χ3n) is 4.23. The zero-order valence-electron chi connectivity index (χ0n) is 15.8. The molecule has 1 heterocycles. The molecule has 0 aliphatic heterocycles. The van der Waals surface area contributed by atoms with Gasteiger partial charge in [0.1, 0.15) is 0 Å². The van der Waals surface area contributed by atoms with Crippen LogP contribution in [0.3, 0.4) is 0 Å². The molecule has 2 aromatic carbocycles. The quantitative estimate of drug-likeness (QED) is 0.304. The van der Waals surface area contributed by atoms with Crippen molar-refractivity contribution in [2.24, 2.45) is 4.99 Å². The molecule has 0 atom stereocenters. The van der Waals surface area contributed by atoms with E-state index in [1.165, 1.54) is 19.1 Å². The minimum absolute atomic E-state index is 0.162. The van der Waals surface area contributed by atoms with Gasteiger partial charge in [-0.3, -0.25) is 9.59 Å². The highest BCUT2D eigenvalue weighted by molar-refractivity contribution is 14.1. The lowest BCUT2D eigenvalue weighted by Crippen LogP contribution is -2.22. The van der Waals surface area contributed by atoms with Crippen molar-refractivity contribution in [1.82, 2.24) is 9.55 Å². The van der Waals surface area contributed by atoms with Crippen LogP contribution in [0.15, 0.2) is 47.5 Å². The molecule has 0 aliphatic rings. The van der Waals surface area contributed by atoms with E-state index in [-0.39, 0.29) is 17.8 Å². The number of ether oxygens (including phenoxy) is 1. The summed E-state index contributed by atoms with van der Waals surface area (Å²) in [7, 11) is 0. The molecule has 30 heavy (non-hydrogen) atoms. The largest absolute Gasteiger partial charge is 0.466 e. The number of nitrogens with one attached hydrogen (secondary N) is 1. The molecule has 1 amide bonds. The first-order valence-electron chi connectivity index (χ1n) is 8.93. The number of carbonyl (C=O) groups is 2. The van der Waals surface area contributed by atoms with E-state index >= 15 is 0 Å². The molecule has 158 valence electrons. The number of aromatic nitrogens is 2. The van der Waals surface area contributed by atoms with Gasteiger partial charge in [-0.1, -0.05) is 6.07 Å². The lowest BCUT2D eigenvalue weighted by atomic mass is 10.1. The number of halogens is 4. The van der Waals surface area contributed by atoms with Crippen LogP contribution in [0.1, 0.15) is 29.3 Å². The molecule has 3 rings (SSSR count). The number of carbonyl (C=O) groups excluding carboxylic acids is 2. The number of amides is 1. The molecule has 0 saturated heterocycles. The maximum atomic E-state index is 12.9. The van der Waals surface area contributed by atoms with Gasteiger partial charge < -0.3 is 14.3 Å². The third kappa shape index (κ3) is 5.29. The summed E-state index contributed by atoms with van der Waals surface area (Å²) in [4.78, 5) is 30.6. The molecule has 0 radical (unpaired) electrons. The Labute approximate surface area is 182 Å². The SMILES string of the molecule is CC(=O)OCCCn1c(=NC(=O)c2cccc(C(F)(F)F)c2)[nH]c2cc(I)ccc21. The van der Waals surface area contributed by atoms with E-state index < -0.39 is 23.6 Å². The summed E-state index contributed by atoms with van der Waals surface area (Å²) in [5.41, 5.74) is 0.629. The summed E-state index contributed by atoms with van der Waals surface area (Å²) < 4.78 is 46.5. The van der Waals surface area contributed by atoms with E-state index in [9.17, 15) is 22.8 Å². The summed E-state index contributed by atoms with van der Waals surface area (Å²) in [6, 6.07) is 9.75. The number of esters is 1. The Morgan fingerprint density at radius 1 is 1.20 bits per heavy atom. The molecule has 0 saturated carbocycles. The van der Waals surface area contributed by atoms with Crippen molar-refractivity contribution in [2.45, 2.75) is 26.1 Å². The zero-order valence-corrected chi connectivity index (χ0v) is 18.0. The number of imidazole rings is 1. The Morgan fingerprint density at radius 2 is 1.97 bits per heavy atom. The van der Waals surface area contributed by atoms with Crippen molar-refractivity contribution in [3.63, 3.8) is 0 Å². The number of aryl methyl sites for hydroxylation is 1. The second-order valence-electron chi connectivity index (χ2n) is 6.45. The van der Waals surface area contributed by atoms with E-state index in [4.69, 9.17) is 4.74 Å². The maximum Gasteiger partial charge on any atom is 0.416 e. The van der Waals surface area contributed by atoms with Crippen LogP contribution in [0.5, 0.6) is 0 Å². The van der Waals surface area contributed by atoms with Gasteiger partial charge in [0.25, 0.3) is 5.91 Å². The number of aromatic amines is 1. The number of rotatable bonds is 5. The molecule has 1 N–H and O–H groups in total. The summed E-state index contributed by atoms with van der Waals surface area (Å²) in [5, 5.41) is 0. The van der Waals surface area contributed by atoms with Gasteiger partial charge >= 0.3 is 12.1 Å². The van der Waals surface area contributed by atoms with Gasteiger partial charge in [0.15, 0.2) is 0 Å². The smallest absolute Gasteiger partial charge is 0.416 e. The number of H-pyrrole nitrogens is 1. The van der Waals surface area contributed by atoms with Crippen molar-refractivity contribution in [3.8, 4) is 0 Å². The molecule has 0 unspecified atom stereocenters. The number of alkyl halides is 3. The van der Waals surface area contributed by atoms with Crippen LogP contribution in [0.25, 0.3) is 11.0 Å². The standard InChI is InChI=1S/C20H17F3IN3O3/c1-12(28)30-9-3-8-27-17-7-6-15(24)11-16(17)25-19(27)26-18(29)13-4-2-5-14(10-13)20(21,22)23/h2,4-7,10-11H,3,8-9H2,1H3,(H,25,26,29). The molecule has 0 aliphatic carbocycles. The van der Waals surface area contributed by atoms with Gasteiger partial charge in [0.05, 0.1) is 23.2 Å². The number of hydrogen-bond acceptors (Lipinski definition) is 3. The highest BCUT2D eigenvalue weighted by atomic mass is 127. The van der Waals surface area contributed by atoms with Crippen LogP contribution in [0.2, 0.25) is 0 Å².